The van der Waals surface area contributed by atoms with Gasteiger partial charge < -0.3 is 4.74 Å². The molecule has 0 spiro atoms. The number of rotatable bonds is 4. The summed E-state index contributed by atoms with van der Waals surface area (Å²) in [6.45, 7) is 2.44. The van der Waals surface area contributed by atoms with Gasteiger partial charge in [0.15, 0.2) is 5.05 Å². The highest BCUT2D eigenvalue weighted by Gasteiger charge is 2.25. The number of thiocarbonyl (C=S) groups is 1. The van der Waals surface area contributed by atoms with Gasteiger partial charge in [-0.15, -0.1) is 0 Å². The predicted octanol–water partition coefficient (Wildman–Crippen LogP) is 2.11. The van der Waals surface area contributed by atoms with Crippen LogP contribution in [0.2, 0.25) is 0 Å². The minimum atomic E-state index is 0.264. The van der Waals surface area contributed by atoms with E-state index in [1.807, 2.05) is 6.92 Å². The number of ether oxygens (including phenoxy) is 1. The van der Waals surface area contributed by atoms with Gasteiger partial charge in [-0.3, -0.25) is 4.79 Å². The number of ketones is 1. The largest absolute Gasteiger partial charge is 0.487 e. The second kappa shape index (κ2) is 4.55. The molecule has 0 N–H and O–H groups in total. The van der Waals surface area contributed by atoms with Crippen LogP contribution in [0.3, 0.4) is 0 Å². The Bertz CT molecular complexity index is 185. The second-order valence-electron chi connectivity index (χ2n) is 3.08. The summed E-state index contributed by atoms with van der Waals surface area (Å²) in [5.41, 5.74) is 0. The van der Waals surface area contributed by atoms with E-state index in [4.69, 9.17) is 17.0 Å². The molecule has 1 rings (SSSR count). The minimum absolute atomic E-state index is 0.264. The Morgan fingerprint density at radius 1 is 1.58 bits per heavy atom. The predicted molar refractivity (Wildman–Crippen MR) is 51.2 cm³/mol. The summed E-state index contributed by atoms with van der Waals surface area (Å²) >= 11 is 4.88. The molecule has 0 bridgehead atoms. The first-order valence-corrected chi connectivity index (χ1v) is 4.83. The maximum absolute atomic E-state index is 11.3. The van der Waals surface area contributed by atoms with Gasteiger partial charge in [0.05, 0.1) is 13.0 Å². The van der Waals surface area contributed by atoms with Crippen LogP contribution in [-0.4, -0.2) is 17.4 Å². The first-order chi connectivity index (χ1) is 5.74. The lowest BCUT2D eigenvalue weighted by molar-refractivity contribution is -0.124. The highest BCUT2D eigenvalue weighted by Crippen LogP contribution is 2.28. The van der Waals surface area contributed by atoms with Crippen LogP contribution in [0.25, 0.3) is 0 Å². The van der Waals surface area contributed by atoms with Crippen molar-refractivity contribution in [2.75, 3.05) is 6.61 Å². The molecule has 0 aromatic carbocycles. The normalized spacial score (nSPS) is 16.8. The Hall–Kier alpha value is -0.440. The van der Waals surface area contributed by atoms with Gasteiger partial charge in [-0.2, -0.15) is 0 Å². The van der Waals surface area contributed by atoms with E-state index >= 15 is 0 Å². The molecule has 0 saturated heterocycles. The molecule has 0 heterocycles. The van der Waals surface area contributed by atoms with Crippen molar-refractivity contribution in [1.82, 2.24) is 0 Å². The summed E-state index contributed by atoms with van der Waals surface area (Å²) in [5, 5.41) is 0.453. The Kier molecular flexibility index (Phi) is 3.66. The average Bonchev–Trinajstić information content (AvgIpc) is 1.82. The zero-order chi connectivity index (χ0) is 8.97. The molecule has 1 aliphatic rings. The average molecular weight is 186 g/mol. The van der Waals surface area contributed by atoms with Gasteiger partial charge >= 0.3 is 0 Å². The summed E-state index contributed by atoms with van der Waals surface area (Å²) in [4.78, 5) is 11.3. The molecular weight excluding hydrogens is 172 g/mol. The fraction of sp³-hybridized carbons (Fsp3) is 0.778. The highest BCUT2D eigenvalue weighted by atomic mass is 32.1. The van der Waals surface area contributed by atoms with Gasteiger partial charge in [-0.1, -0.05) is 6.42 Å². The summed E-state index contributed by atoms with van der Waals surface area (Å²) in [7, 11) is 0. The van der Waals surface area contributed by atoms with Crippen LogP contribution in [0, 0.1) is 5.92 Å². The maximum atomic E-state index is 11.3. The Morgan fingerprint density at radius 3 is 2.67 bits per heavy atom. The van der Waals surface area contributed by atoms with E-state index < -0.39 is 0 Å². The Labute approximate surface area is 78.3 Å². The molecule has 12 heavy (non-hydrogen) atoms. The Morgan fingerprint density at radius 2 is 2.25 bits per heavy atom. The quantitative estimate of drug-likeness (QED) is 0.629. The summed E-state index contributed by atoms with van der Waals surface area (Å²) < 4.78 is 5.04. The topological polar surface area (TPSA) is 26.3 Å². The van der Waals surface area contributed by atoms with Gasteiger partial charge in [-0.25, -0.2) is 0 Å². The molecule has 2 nitrogen and oxygen atoms in total. The fourth-order valence-electron chi connectivity index (χ4n) is 1.23. The molecule has 0 amide bonds. The number of carbonyl (C=O) groups excluding carboxylic acids is 1. The van der Waals surface area contributed by atoms with Gasteiger partial charge in [0.2, 0.25) is 0 Å². The van der Waals surface area contributed by atoms with Gasteiger partial charge in [-0.05, 0) is 32.0 Å². The first kappa shape index (κ1) is 9.65. The van der Waals surface area contributed by atoms with E-state index in [0.717, 1.165) is 12.8 Å². The van der Waals surface area contributed by atoms with Gasteiger partial charge in [0, 0.05) is 5.92 Å². The summed E-state index contributed by atoms with van der Waals surface area (Å²) in [6.07, 6.45) is 3.63. The standard InChI is InChI=1S/C9H14O2S/c1-2-11-9(12)6-8(10)7-4-3-5-7/h7H,2-6H2,1H3. The smallest absolute Gasteiger partial charge is 0.167 e. The molecule has 0 radical (unpaired) electrons. The van der Waals surface area contributed by atoms with E-state index in [9.17, 15) is 4.79 Å². The molecule has 0 atom stereocenters. The van der Waals surface area contributed by atoms with Gasteiger partial charge in [0.1, 0.15) is 5.78 Å². The highest BCUT2D eigenvalue weighted by molar-refractivity contribution is 7.80. The molecular formula is C9H14O2S. The monoisotopic (exact) mass is 186 g/mol. The lowest BCUT2D eigenvalue weighted by atomic mass is 9.81. The van der Waals surface area contributed by atoms with Crippen molar-refractivity contribution in [2.24, 2.45) is 5.92 Å². The molecule has 1 fully saturated rings. The molecule has 68 valence electrons. The SMILES string of the molecule is CCOC(=S)CC(=O)C1CCC1. The third-order valence-electron chi connectivity index (χ3n) is 2.18. The zero-order valence-electron chi connectivity index (χ0n) is 7.34. The maximum Gasteiger partial charge on any atom is 0.167 e. The van der Waals surface area contributed by atoms with E-state index in [1.54, 1.807) is 0 Å². The number of hydrogen-bond donors (Lipinski definition) is 0. The van der Waals surface area contributed by atoms with Crippen LogP contribution >= 0.6 is 12.2 Å². The lowest BCUT2D eigenvalue weighted by Gasteiger charge is -2.23. The van der Waals surface area contributed by atoms with Crippen molar-refractivity contribution in [1.29, 1.82) is 0 Å². The van der Waals surface area contributed by atoms with Crippen molar-refractivity contribution in [3.63, 3.8) is 0 Å². The van der Waals surface area contributed by atoms with Crippen LogP contribution in [0.1, 0.15) is 32.6 Å². The van der Waals surface area contributed by atoms with Crippen molar-refractivity contribution < 1.29 is 9.53 Å². The molecule has 0 aromatic heterocycles. The van der Waals surface area contributed by atoms with E-state index in [2.05, 4.69) is 0 Å². The summed E-state index contributed by atoms with van der Waals surface area (Å²) in [5.74, 6) is 0.545. The molecule has 1 saturated carbocycles. The van der Waals surface area contributed by atoms with Crippen molar-refractivity contribution in [3.05, 3.63) is 0 Å². The molecule has 3 heteroatoms. The van der Waals surface area contributed by atoms with Crippen LogP contribution in [0.5, 0.6) is 0 Å². The third-order valence-corrected chi connectivity index (χ3v) is 2.45. The van der Waals surface area contributed by atoms with E-state index in [1.165, 1.54) is 6.42 Å². The number of Topliss-reactive ketones (excluding diaryl/α,β-unsaturated/α-hetero) is 1. The summed E-state index contributed by atoms with van der Waals surface area (Å²) in [6, 6.07) is 0. The van der Waals surface area contributed by atoms with Gasteiger partial charge in [0.25, 0.3) is 0 Å². The van der Waals surface area contributed by atoms with Crippen LogP contribution in [-0.2, 0) is 9.53 Å². The minimum Gasteiger partial charge on any atom is -0.487 e. The first-order valence-electron chi connectivity index (χ1n) is 4.42. The molecule has 0 unspecified atom stereocenters. The Balaban J connectivity index is 2.20. The van der Waals surface area contributed by atoms with Crippen LogP contribution < -0.4 is 0 Å². The number of carbonyl (C=O) groups is 1. The molecule has 0 aromatic rings. The van der Waals surface area contributed by atoms with Crippen molar-refractivity contribution in [2.45, 2.75) is 32.6 Å². The number of hydrogen-bond acceptors (Lipinski definition) is 3. The fourth-order valence-corrected chi connectivity index (χ4v) is 1.49. The van der Waals surface area contributed by atoms with E-state index in [0.29, 0.717) is 18.1 Å². The molecule has 0 aliphatic heterocycles. The van der Waals surface area contributed by atoms with Crippen LogP contribution in [0.15, 0.2) is 0 Å². The van der Waals surface area contributed by atoms with Crippen LogP contribution in [0.4, 0.5) is 0 Å². The van der Waals surface area contributed by atoms with Crippen molar-refractivity contribution >= 4 is 23.1 Å². The lowest BCUT2D eigenvalue weighted by Crippen LogP contribution is -2.24. The molecule has 1 aliphatic carbocycles. The van der Waals surface area contributed by atoms with E-state index in [-0.39, 0.29) is 11.7 Å². The second-order valence-corrected chi connectivity index (χ2v) is 3.53. The van der Waals surface area contributed by atoms with Crippen molar-refractivity contribution in [3.8, 4) is 0 Å². The zero-order valence-corrected chi connectivity index (χ0v) is 8.15. The third kappa shape index (κ3) is 2.55.